The molecule has 0 saturated carbocycles. The van der Waals surface area contributed by atoms with Gasteiger partial charge in [-0.3, -0.25) is 0 Å². The smallest absolute Gasteiger partial charge is 0.162 e. The first-order valence-corrected chi connectivity index (χ1v) is 10.5. The van der Waals surface area contributed by atoms with Crippen LogP contribution in [0.25, 0.3) is 0 Å². The second-order valence-electron chi connectivity index (χ2n) is 5.95. The predicted molar refractivity (Wildman–Crippen MR) is 116 cm³/mol. The lowest BCUT2D eigenvalue weighted by atomic mass is 10.2. The zero-order chi connectivity index (χ0) is 19.6. The van der Waals surface area contributed by atoms with Crippen LogP contribution in [0.1, 0.15) is 24.5 Å². The Balaban J connectivity index is 2.10. The van der Waals surface area contributed by atoms with E-state index in [0.29, 0.717) is 28.2 Å². The van der Waals surface area contributed by atoms with Crippen LogP contribution in [0.3, 0.4) is 0 Å². The third kappa shape index (κ3) is 6.84. The summed E-state index contributed by atoms with van der Waals surface area (Å²) >= 11 is 16.1. The highest BCUT2D eigenvalue weighted by atomic mass is 79.9. The minimum atomic E-state index is 0.270. The zero-order valence-electron chi connectivity index (χ0n) is 15.6. The first-order chi connectivity index (χ1) is 13.1. The maximum Gasteiger partial charge on any atom is 0.162 e. The zero-order valence-corrected chi connectivity index (χ0v) is 18.7. The fraction of sp³-hybridized carbons (Fsp3) is 0.400. The average Bonchev–Trinajstić information content (AvgIpc) is 2.64. The highest BCUT2D eigenvalue weighted by Gasteiger charge is 2.13. The first kappa shape index (κ1) is 22.3. The largest absolute Gasteiger partial charge is 0.490 e. The summed E-state index contributed by atoms with van der Waals surface area (Å²) in [4.78, 5) is 0. The van der Waals surface area contributed by atoms with Gasteiger partial charge in [0, 0.05) is 26.6 Å². The minimum absolute atomic E-state index is 0.270. The Kier molecular flexibility index (Phi) is 9.73. The van der Waals surface area contributed by atoms with Crippen molar-refractivity contribution in [2.45, 2.75) is 26.5 Å². The van der Waals surface area contributed by atoms with Crippen LogP contribution in [0, 0.1) is 0 Å². The summed E-state index contributed by atoms with van der Waals surface area (Å²) < 4.78 is 12.7. The summed E-state index contributed by atoms with van der Waals surface area (Å²) in [6, 6.07) is 9.35. The Labute approximate surface area is 179 Å². The normalized spacial score (nSPS) is 10.9. The molecule has 2 rings (SSSR count). The number of rotatable bonds is 11. The van der Waals surface area contributed by atoms with E-state index in [1.165, 1.54) is 0 Å². The average molecular weight is 476 g/mol. The van der Waals surface area contributed by atoms with Crippen molar-refractivity contribution in [1.29, 1.82) is 0 Å². The summed E-state index contributed by atoms with van der Waals surface area (Å²) in [5.74, 6) is 1.36. The maximum absolute atomic E-state index is 6.23. The van der Waals surface area contributed by atoms with Gasteiger partial charge in [0.15, 0.2) is 11.5 Å². The van der Waals surface area contributed by atoms with E-state index in [2.05, 4.69) is 26.6 Å². The lowest BCUT2D eigenvalue weighted by Crippen LogP contribution is -2.19. The van der Waals surface area contributed by atoms with Gasteiger partial charge >= 0.3 is 0 Å². The van der Waals surface area contributed by atoms with Crippen LogP contribution in [0.2, 0.25) is 10.0 Å². The third-order valence-corrected chi connectivity index (χ3v) is 5.39. The first-order valence-electron chi connectivity index (χ1n) is 8.93. The molecule has 148 valence electrons. The molecule has 0 atom stereocenters. The molecule has 0 spiro atoms. The monoisotopic (exact) mass is 474 g/mol. The Hall–Kier alpha value is -0.980. The van der Waals surface area contributed by atoms with Gasteiger partial charge in [-0.1, -0.05) is 45.2 Å². The van der Waals surface area contributed by atoms with Crippen molar-refractivity contribution < 1.29 is 9.47 Å². The molecule has 0 radical (unpaired) electrons. The van der Waals surface area contributed by atoms with Crippen LogP contribution in [-0.2, 0) is 13.2 Å². The summed E-state index contributed by atoms with van der Waals surface area (Å²) in [6.07, 6.45) is 1.08. The van der Waals surface area contributed by atoms with Gasteiger partial charge in [0.1, 0.15) is 6.61 Å². The molecule has 0 amide bonds. The number of benzene rings is 2. The van der Waals surface area contributed by atoms with Crippen molar-refractivity contribution in [3.05, 3.63) is 56.0 Å². The van der Waals surface area contributed by atoms with Gasteiger partial charge in [0.2, 0.25) is 0 Å². The molecule has 27 heavy (non-hydrogen) atoms. The van der Waals surface area contributed by atoms with Gasteiger partial charge < -0.3 is 20.1 Å². The molecule has 0 aromatic heterocycles. The second kappa shape index (κ2) is 11.8. The lowest BCUT2D eigenvalue weighted by Gasteiger charge is -2.16. The molecule has 0 aliphatic rings. The van der Waals surface area contributed by atoms with E-state index in [9.17, 15) is 0 Å². The molecule has 0 aliphatic carbocycles. The highest BCUT2D eigenvalue weighted by Crippen LogP contribution is 2.35. The quantitative estimate of drug-likeness (QED) is 0.425. The molecule has 7 heteroatoms. The molecule has 2 aromatic carbocycles. The molecule has 0 bridgehead atoms. The molecule has 0 saturated heterocycles. The number of nitrogens with one attached hydrogen (secondary N) is 2. The van der Waals surface area contributed by atoms with Gasteiger partial charge in [-0.15, -0.1) is 0 Å². The standard InChI is InChI=1S/C20H25BrCl2N2O2/c1-3-26-19-10-14(12-25-9-5-8-24-2)16(21)11-20(19)27-13-15-17(22)6-4-7-18(15)23/h4,6-7,10-11,24-25H,3,5,8-9,12-13H2,1-2H3. The van der Waals surface area contributed by atoms with Crippen molar-refractivity contribution in [2.24, 2.45) is 0 Å². The van der Waals surface area contributed by atoms with Crippen LogP contribution in [-0.4, -0.2) is 26.7 Å². The van der Waals surface area contributed by atoms with Crippen LogP contribution in [0.5, 0.6) is 11.5 Å². The number of halogens is 3. The fourth-order valence-electron chi connectivity index (χ4n) is 2.53. The summed E-state index contributed by atoms with van der Waals surface area (Å²) in [5.41, 5.74) is 1.88. The Morgan fingerprint density at radius 2 is 1.74 bits per heavy atom. The molecule has 0 unspecified atom stereocenters. The topological polar surface area (TPSA) is 42.5 Å². The number of hydrogen-bond donors (Lipinski definition) is 2. The van der Waals surface area contributed by atoms with Crippen molar-refractivity contribution >= 4 is 39.1 Å². The molecule has 0 heterocycles. The molecule has 0 fully saturated rings. The van der Waals surface area contributed by atoms with E-state index in [-0.39, 0.29) is 6.61 Å². The third-order valence-electron chi connectivity index (χ3n) is 3.94. The Morgan fingerprint density at radius 3 is 2.41 bits per heavy atom. The molecular formula is C20H25BrCl2N2O2. The lowest BCUT2D eigenvalue weighted by molar-refractivity contribution is 0.269. The van der Waals surface area contributed by atoms with Crippen LogP contribution in [0.4, 0.5) is 0 Å². The van der Waals surface area contributed by atoms with E-state index in [1.807, 2.05) is 32.2 Å². The SMILES string of the molecule is CCOc1cc(CNCCCNC)c(Br)cc1OCc1c(Cl)cccc1Cl. The minimum Gasteiger partial charge on any atom is -0.490 e. The molecule has 2 N–H and O–H groups in total. The molecule has 2 aromatic rings. The van der Waals surface area contributed by atoms with E-state index < -0.39 is 0 Å². The summed E-state index contributed by atoms with van der Waals surface area (Å²) in [7, 11) is 1.96. The van der Waals surface area contributed by atoms with Crippen LogP contribution in [0.15, 0.2) is 34.8 Å². The fourth-order valence-corrected chi connectivity index (χ4v) is 3.50. The summed E-state index contributed by atoms with van der Waals surface area (Å²) in [6.45, 7) is 5.47. The van der Waals surface area contributed by atoms with Crippen molar-refractivity contribution in [3.63, 3.8) is 0 Å². The maximum atomic E-state index is 6.23. The Morgan fingerprint density at radius 1 is 1.04 bits per heavy atom. The predicted octanol–water partition coefficient (Wildman–Crippen LogP) is 5.43. The van der Waals surface area contributed by atoms with Gasteiger partial charge in [-0.05, 0) is 63.3 Å². The van der Waals surface area contributed by atoms with Crippen molar-refractivity contribution in [2.75, 3.05) is 26.7 Å². The van der Waals surface area contributed by atoms with Crippen LogP contribution >= 0.6 is 39.1 Å². The van der Waals surface area contributed by atoms with E-state index in [1.54, 1.807) is 12.1 Å². The van der Waals surface area contributed by atoms with Gasteiger partial charge in [-0.25, -0.2) is 0 Å². The Bertz CT molecular complexity index is 724. The second-order valence-corrected chi connectivity index (χ2v) is 7.61. The van der Waals surface area contributed by atoms with Gasteiger partial charge in [0.25, 0.3) is 0 Å². The van der Waals surface area contributed by atoms with Crippen LogP contribution < -0.4 is 20.1 Å². The van der Waals surface area contributed by atoms with Gasteiger partial charge in [-0.2, -0.15) is 0 Å². The van der Waals surface area contributed by atoms with Crippen molar-refractivity contribution in [1.82, 2.24) is 10.6 Å². The molecular weight excluding hydrogens is 451 g/mol. The van der Waals surface area contributed by atoms with E-state index >= 15 is 0 Å². The summed E-state index contributed by atoms with van der Waals surface area (Å²) in [5, 5.41) is 7.75. The number of ether oxygens (including phenoxy) is 2. The van der Waals surface area contributed by atoms with E-state index in [0.717, 1.165) is 41.7 Å². The van der Waals surface area contributed by atoms with Crippen molar-refractivity contribution in [3.8, 4) is 11.5 Å². The molecule has 4 nitrogen and oxygen atoms in total. The van der Waals surface area contributed by atoms with Gasteiger partial charge in [0.05, 0.1) is 6.61 Å². The van der Waals surface area contributed by atoms with E-state index in [4.69, 9.17) is 32.7 Å². The molecule has 0 aliphatic heterocycles. The number of hydrogen-bond acceptors (Lipinski definition) is 4. The highest BCUT2D eigenvalue weighted by molar-refractivity contribution is 9.10.